The first kappa shape index (κ1) is 20.2. The van der Waals surface area contributed by atoms with Crippen LogP contribution in [0.2, 0.25) is 0 Å². The predicted octanol–water partition coefficient (Wildman–Crippen LogP) is 5.68. The van der Waals surface area contributed by atoms with E-state index in [9.17, 15) is 4.79 Å². The van der Waals surface area contributed by atoms with Crippen molar-refractivity contribution in [3.63, 3.8) is 0 Å². The summed E-state index contributed by atoms with van der Waals surface area (Å²) in [5.74, 6) is 0.483. The molecule has 3 aromatic carbocycles. The monoisotopic (exact) mass is 415 g/mol. The van der Waals surface area contributed by atoms with Crippen molar-refractivity contribution in [3.8, 4) is 0 Å². The van der Waals surface area contributed by atoms with Gasteiger partial charge in [-0.1, -0.05) is 62.0 Å². The van der Waals surface area contributed by atoms with Gasteiger partial charge >= 0.3 is 0 Å². The Balaban J connectivity index is 1.76. The second kappa shape index (κ2) is 8.76. The molecule has 30 heavy (non-hydrogen) atoms. The van der Waals surface area contributed by atoms with Crippen LogP contribution in [0.1, 0.15) is 41.8 Å². The summed E-state index contributed by atoms with van der Waals surface area (Å²) in [6.07, 6.45) is 0.956. The molecule has 4 rings (SSSR count). The zero-order chi connectivity index (χ0) is 21.1. The highest BCUT2D eigenvalue weighted by atomic mass is 32.2. The van der Waals surface area contributed by atoms with Crippen molar-refractivity contribution in [3.05, 3.63) is 83.4 Å². The molecule has 5 heteroatoms. The minimum Gasteiger partial charge on any atom is -0.398 e. The molecule has 4 nitrogen and oxygen atoms in total. The first-order chi connectivity index (χ1) is 14.5. The highest BCUT2D eigenvalue weighted by molar-refractivity contribution is 7.99. The summed E-state index contributed by atoms with van der Waals surface area (Å²) in [5.41, 5.74) is 11.1. The number of nitrogen functional groups attached to an aromatic ring is 1. The zero-order valence-electron chi connectivity index (χ0n) is 17.2. The summed E-state index contributed by atoms with van der Waals surface area (Å²) in [6, 6.07) is 21.7. The normalized spacial score (nSPS) is 12.6. The van der Waals surface area contributed by atoms with Crippen molar-refractivity contribution in [2.24, 2.45) is 10.9 Å². The molecule has 1 aliphatic rings. The van der Waals surface area contributed by atoms with Gasteiger partial charge in [-0.3, -0.25) is 4.79 Å². The SMILES string of the molecule is CC(C)CCNC(=O)c1ccc2c(c1)N=C(c1ccccc1N)c1ccccc1S2. The van der Waals surface area contributed by atoms with E-state index >= 15 is 0 Å². The van der Waals surface area contributed by atoms with E-state index in [1.807, 2.05) is 54.6 Å². The molecule has 0 fully saturated rings. The molecule has 0 aromatic heterocycles. The lowest BCUT2D eigenvalue weighted by Gasteiger charge is -2.11. The van der Waals surface area contributed by atoms with E-state index in [4.69, 9.17) is 10.7 Å². The second-order valence-electron chi connectivity index (χ2n) is 7.77. The van der Waals surface area contributed by atoms with Gasteiger partial charge < -0.3 is 11.1 Å². The van der Waals surface area contributed by atoms with Crippen LogP contribution in [0.5, 0.6) is 0 Å². The van der Waals surface area contributed by atoms with Crippen molar-refractivity contribution in [2.75, 3.05) is 12.3 Å². The van der Waals surface area contributed by atoms with Crippen LogP contribution in [0.4, 0.5) is 11.4 Å². The fourth-order valence-corrected chi connectivity index (χ4v) is 4.38. The number of hydrogen-bond donors (Lipinski definition) is 2. The number of hydrogen-bond acceptors (Lipinski definition) is 4. The lowest BCUT2D eigenvalue weighted by atomic mass is 10.0. The zero-order valence-corrected chi connectivity index (χ0v) is 18.0. The smallest absolute Gasteiger partial charge is 0.251 e. The summed E-state index contributed by atoms with van der Waals surface area (Å²) in [7, 11) is 0. The number of benzene rings is 3. The van der Waals surface area contributed by atoms with Gasteiger partial charge in [0.05, 0.1) is 11.4 Å². The quantitative estimate of drug-likeness (QED) is 0.412. The topological polar surface area (TPSA) is 67.5 Å². The van der Waals surface area contributed by atoms with E-state index in [1.54, 1.807) is 11.8 Å². The van der Waals surface area contributed by atoms with E-state index in [0.29, 0.717) is 23.7 Å². The summed E-state index contributed by atoms with van der Waals surface area (Å²) in [5, 5.41) is 3.01. The van der Waals surface area contributed by atoms with Gasteiger partial charge in [0, 0.05) is 38.7 Å². The number of anilines is 1. The Morgan fingerprint density at radius 1 is 1.00 bits per heavy atom. The fraction of sp³-hybridized carbons (Fsp3) is 0.200. The third kappa shape index (κ3) is 4.26. The van der Waals surface area contributed by atoms with Crippen LogP contribution in [0.3, 0.4) is 0 Å². The molecule has 0 saturated carbocycles. The van der Waals surface area contributed by atoms with Crippen LogP contribution >= 0.6 is 11.8 Å². The summed E-state index contributed by atoms with van der Waals surface area (Å²) < 4.78 is 0. The molecule has 3 aromatic rings. The minimum absolute atomic E-state index is 0.0683. The van der Waals surface area contributed by atoms with Gasteiger partial charge in [-0.25, -0.2) is 4.99 Å². The first-order valence-electron chi connectivity index (χ1n) is 10.2. The summed E-state index contributed by atoms with van der Waals surface area (Å²) in [6.45, 7) is 4.97. The number of amides is 1. The molecular weight excluding hydrogens is 390 g/mol. The lowest BCUT2D eigenvalue weighted by Crippen LogP contribution is -2.25. The van der Waals surface area contributed by atoms with E-state index in [2.05, 4.69) is 31.3 Å². The van der Waals surface area contributed by atoms with Crippen molar-refractivity contribution in [1.29, 1.82) is 0 Å². The van der Waals surface area contributed by atoms with Gasteiger partial charge in [-0.15, -0.1) is 0 Å². The molecule has 3 N–H and O–H groups in total. The molecule has 1 amide bonds. The molecule has 0 bridgehead atoms. The first-order valence-corrected chi connectivity index (χ1v) is 11.0. The van der Waals surface area contributed by atoms with E-state index in [1.165, 1.54) is 0 Å². The van der Waals surface area contributed by atoms with E-state index in [-0.39, 0.29) is 5.91 Å². The number of nitrogens with two attached hydrogens (primary N) is 1. The molecule has 0 aliphatic carbocycles. The molecule has 0 spiro atoms. The van der Waals surface area contributed by atoms with E-state index < -0.39 is 0 Å². The highest BCUT2D eigenvalue weighted by Crippen LogP contribution is 2.42. The van der Waals surface area contributed by atoms with Crippen molar-refractivity contribution < 1.29 is 4.79 Å². The lowest BCUT2D eigenvalue weighted by molar-refractivity contribution is 0.0952. The average Bonchev–Trinajstić information content (AvgIpc) is 2.90. The Labute approximate surface area is 181 Å². The van der Waals surface area contributed by atoms with Crippen molar-refractivity contribution >= 4 is 34.8 Å². The van der Waals surface area contributed by atoms with Crippen LogP contribution in [0, 0.1) is 5.92 Å². The fourth-order valence-electron chi connectivity index (χ4n) is 3.38. The highest BCUT2D eigenvalue weighted by Gasteiger charge is 2.21. The molecule has 0 saturated heterocycles. The Bertz CT molecular complexity index is 1120. The molecule has 0 radical (unpaired) electrons. The maximum atomic E-state index is 12.6. The van der Waals surface area contributed by atoms with E-state index in [0.717, 1.165) is 38.7 Å². The number of para-hydroxylation sites is 1. The number of nitrogens with one attached hydrogen (secondary N) is 1. The number of rotatable bonds is 5. The Kier molecular flexibility index (Phi) is 5.91. The van der Waals surface area contributed by atoms with Gasteiger partial charge in [0.1, 0.15) is 0 Å². The largest absolute Gasteiger partial charge is 0.398 e. The predicted molar refractivity (Wildman–Crippen MR) is 125 cm³/mol. The number of fused-ring (bicyclic) bond motifs is 2. The van der Waals surface area contributed by atoms with Crippen LogP contribution in [0.15, 0.2) is 81.5 Å². The number of aliphatic imine (C=N–C) groups is 1. The minimum atomic E-state index is -0.0683. The standard InChI is InChI=1S/C25H25N3OS/c1-16(2)13-14-27-25(29)17-11-12-23-21(15-17)28-24(18-7-3-5-9-20(18)26)19-8-4-6-10-22(19)30-23/h3-12,15-16H,13-14,26H2,1-2H3,(H,27,29). The molecule has 1 aliphatic heterocycles. The van der Waals surface area contributed by atoms with Gasteiger partial charge in [0.15, 0.2) is 0 Å². The van der Waals surface area contributed by atoms with Crippen LogP contribution in [-0.2, 0) is 0 Å². The Hall–Kier alpha value is -3.05. The average molecular weight is 416 g/mol. The maximum absolute atomic E-state index is 12.6. The molecule has 1 heterocycles. The van der Waals surface area contributed by atoms with Crippen LogP contribution in [0.25, 0.3) is 0 Å². The molecule has 0 unspecified atom stereocenters. The molecule has 0 atom stereocenters. The number of carbonyl (C=O) groups excluding carboxylic acids is 1. The van der Waals surface area contributed by atoms with Gasteiger partial charge in [-0.05, 0) is 42.7 Å². The second-order valence-corrected chi connectivity index (χ2v) is 8.85. The van der Waals surface area contributed by atoms with Crippen LogP contribution < -0.4 is 11.1 Å². The summed E-state index contributed by atoms with van der Waals surface area (Å²) >= 11 is 1.66. The third-order valence-corrected chi connectivity index (χ3v) is 6.18. The van der Waals surface area contributed by atoms with Crippen molar-refractivity contribution in [1.82, 2.24) is 5.32 Å². The van der Waals surface area contributed by atoms with Gasteiger partial charge in [0.25, 0.3) is 5.91 Å². The Morgan fingerprint density at radius 2 is 1.73 bits per heavy atom. The van der Waals surface area contributed by atoms with Gasteiger partial charge in [-0.2, -0.15) is 0 Å². The Morgan fingerprint density at radius 3 is 2.50 bits per heavy atom. The third-order valence-electron chi connectivity index (χ3n) is 5.04. The molecule has 152 valence electrons. The van der Waals surface area contributed by atoms with Crippen molar-refractivity contribution in [2.45, 2.75) is 30.1 Å². The van der Waals surface area contributed by atoms with Crippen LogP contribution in [-0.4, -0.2) is 18.2 Å². The number of nitrogens with zero attached hydrogens (tertiary/aromatic N) is 1. The maximum Gasteiger partial charge on any atom is 0.251 e. The molecular formula is C25H25N3OS. The van der Waals surface area contributed by atoms with Gasteiger partial charge in [0.2, 0.25) is 0 Å². The number of carbonyl (C=O) groups is 1. The summed E-state index contributed by atoms with van der Waals surface area (Å²) in [4.78, 5) is 19.8.